The van der Waals surface area contributed by atoms with Gasteiger partial charge < -0.3 is 14.9 Å². The minimum Gasteiger partial charge on any atom is -0.316 e. The van der Waals surface area contributed by atoms with Crippen LogP contribution in [-0.4, -0.2) is 29.2 Å². The van der Waals surface area contributed by atoms with Crippen molar-refractivity contribution < 1.29 is 0 Å². The van der Waals surface area contributed by atoms with Gasteiger partial charge >= 0.3 is 0 Å². The number of hydrogen-bond donors (Lipinski definition) is 3. The molecule has 0 rings (SSSR count). The molecule has 0 aliphatic heterocycles. The molecule has 0 aliphatic carbocycles. The van der Waals surface area contributed by atoms with Gasteiger partial charge in [0.05, 0.1) is 0 Å². The van der Waals surface area contributed by atoms with Gasteiger partial charge in [-0.3, -0.25) is 0 Å². The second-order valence-corrected chi connectivity index (χ2v) is 5.76. The Morgan fingerprint density at radius 3 is 1.78 bits per heavy atom. The van der Waals surface area contributed by atoms with Crippen LogP contribution in [0.5, 0.6) is 0 Å². The molecule has 0 aromatic heterocycles. The zero-order valence-corrected chi connectivity index (χ0v) is 7.71. The Kier molecular flexibility index (Phi) is 4.04. The van der Waals surface area contributed by atoms with Crippen molar-refractivity contribution in [1.29, 1.82) is 0 Å². The summed E-state index contributed by atoms with van der Waals surface area (Å²) in [6, 6.07) is 0. The summed E-state index contributed by atoms with van der Waals surface area (Å²) in [5, 5.41) is 0. The highest BCUT2D eigenvalue weighted by molar-refractivity contribution is 6.71. The maximum atomic E-state index is 3.38. The molecule has 0 fully saturated rings. The average molecular weight is 147 g/mol. The summed E-state index contributed by atoms with van der Waals surface area (Å²) >= 11 is 0. The minimum atomic E-state index is -1.45. The molecule has 0 radical (unpaired) electrons. The van der Waals surface area contributed by atoms with Crippen LogP contribution in [0.4, 0.5) is 0 Å². The number of hydrogen-bond acceptors (Lipinski definition) is 3. The van der Waals surface area contributed by atoms with E-state index in [4.69, 9.17) is 0 Å². The van der Waals surface area contributed by atoms with E-state index in [1.54, 1.807) is 0 Å². The molecule has 9 heavy (non-hydrogen) atoms. The van der Waals surface area contributed by atoms with Crippen molar-refractivity contribution in [1.82, 2.24) is 14.9 Å². The monoisotopic (exact) mass is 147 g/mol. The van der Waals surface area contributed by atoms with E-state index in [1.807, 2.05) is 14.1 Å². The third-order valence-corrected chi connectivity index (χ3v) is 4.59. The molecule has 3 nitrogen and oxygen atoms in total. The van der Waals surface area contributed by atoms with Crippen LogP contribution in [0.2, 0.25) is 6.55 Å². The fourth-order valence-electron chi connectivity index (χ4n) is 0.655. The lowest BCUT2D eigenvalue weighted by atomic mass is 10.8. The van der Waals surface area contributed by atoms with Gasteiger partial charge in [0.25, 0.3) is 8.56 Å². The first-order valence-corrected chi connectivity index (χ1v) is 5.81. The standard InChI is InChI=1S/C5H17N3Si/c1-5-8-9(4,6-2)7-3/h6-8H,5H2,1-4H3. The van der Waals surface area contributed by atoms with E-state index in [2.05, 4.69) is 28.4 Å². The zero-order chi connectivity index (χ0) is 7.33. The number of rotatable bonds is 4. The molecule has 56 valence electrons. The third kappa shape index (κ3) is 2.95. The Hall–Kier alpha value is 0.0969. The van der Waals surface area contributed by atoms with Crippen molar-refractivity contribution in [3.8, 4) is 0 Å². The van der Waals surface area contributed by atoms with Gasteiger partial charge in [0, 0.05) is 0 Å². The Morgan fingerprint density at radius 1 is 1.22 bits per heavy atom. The van der Waals surface area contributed by atoms with Crippen LogP contribution in [0.3, 0.4) is 0 Å². The number of nitrogens with one attached hydrogen (secondary N) is 3. The lowest BCUT2D eigenvalue weighted by Gasteiger charge is -2.25. The predicted molar refractivity (Wildman–Crippen MR) is 43.4 cm³/mol. The van der Waals surface area contributed by atoms with E-state index >= 15 is 0 Å². The van der Waals surface area contributed by atoms with Crippen LogP contribution in [-0.2, 0) is 0 Å². The van der Waals surface area contributed by atoms with Crippen molar-refractivity contribution in [2.24, 2.45) is 0 Å². The summed E-state index contributed by atoms with van der Waals surface area (Å²) in [6.07, 6.45) is 0. The topological polar surface area (TPSA) is 36.1 Å². The quantitative estimate of drug-likeness (QED) is 0.474. The van der Waals surface area contributed by atoms with Crippen LogP contribution < -0.4 is 14.9 Å². The molecule has 0 spiro atoms. The highest BCUT2D eigenvalue weighted by Gasteiger charge is 2.21. The smallest absolute Gasteiger partial charge is 0.277 e. The molecule has 0 unspecified atom stereocenters. The van der Waals surface area contributed by atoms with E-state index in [0.717, 1.165) is 6.54 Å². The summed E-state index contributed by atoms with van der Waals surface area (Å²) < 4.78 is 0. The summed E-state index contributed by atoms with van der Waals surface area (Å²) in [4.78, 5) is 9.87. The van der Waals surface area contributed by atoms with Crippen LogP contribution in [0.15, 0.2) is 0 Å². The molecule has 0 saturated carbocycles. The van der Waals surface area contributed by atoms with Gasteiger partial charge in [-0.25, -0.2) is 0 Å². The maximum Gasteiger partial charge on any atom is 0.277 e. The molecular formula is C5H17N3Si. The summed E-state index contributed by atoms with van der Waals surface area (Å²) in [5.41, 5.74) is 0. The van der Waals surface area contributed by atoms with E-state index in [-0.39, 0.29) is 0 Å². The molecule has 0 saturated heterocycles. The van der Waals surface area contributed by atoms with Gasteiger partial charge in [0.1, 0.15) is 0 Å². The molecule has 0 aromatic carbocycles. The lowest BCUT2D eigenvalue weighted by molar-refractivity contribution is 0.855. The normalized spacial score (nSPS) is 12.0. The molecule has 0 aromatic rings. The van der Waals surface area contributed by atoms with Crippen LogP contribution >= 0.6 is 0 Å². The van der Waals surface area contributed by atoms with Crippen LogP contribution in [0.25, 0.3) is 0 Å². The molecule has 0 heterocycles. The zero-order valence-electron chi connectivity index (χ0n) is 6.71. The fraction of sp³-hybridized carbons (Fsp3) is 1.00. The van der Waals surface area contributed by atoms with Crippen molar-refractivity contribution in [3.05, 3.63) is 0 Å². The van der Waals surface area contributed by atoms with E-state index < -0.39 is 8.56 Å². The van der Waals surface area contributed by atoms with Crippen LogP contribution in [0, 0.1) is 0 Å². The highest BCUT2D eigenvalue weighted by Crippen LogP contribution is 1.80. The Bertz CT molecular complexity index is 72.6. The second-order valence-electron chi connectivity index (χ2n) is 2.16. The van der Waals surface area contributed by atoms with E-state index in [0.29, 0.717) is 0 Å². The SMILES string of the molecule is CCN[Si](C)(NC)NC. The molecule has 0 bridgehead atoms. The molecule has 0 atom stereocenters. The van der Waals surface area contributed by atoms with Crippen molar-refractivity contribution in [2.45, 2.75) is 13.5 Å². The lowest BCUT2D eigenvalue weighted by Crippen LogP contribution is -2.67. The molecule has 3 N–H and O–H groups in total. The average Bonchev–Trinajstić information content (AvgIpc) is 1.89. The van der Waals surface area contributed by atoms with Gasteiger partial charge in [-0.1, -0.05) is 6.92 Å². The molecule has 0 amide bonds. The first-order chi connectivity index (χ1) is 4.18. The predicted octanol–water partition coefficient (Wildman–Crippen LogP) is -0.397. The van der Waals surface area contributed by atoms with Crippen molar-refractivity contribution in [3.63, 3.8) is 0 Å². The van der Waals surface area contributed by atoms with Crippen molar-refractivity contribution >= 4 is 8.56 Å². The van der Waals surface area contributed by atoms with Gasteiger partial charge in [0.15, 0.2) is 0 Å². The fourth-order valence-corrected chi connectivity index (χ4v) is 1.97. The molecule has 4 heteroatoms. The third-order valence-electron chi connectivity index (χ3n) is 1.53. The van der Waals surface area contributed by atoms with E-state index in [1.165, 1.54) is 0 Å². The largest absolute Gasteiger partial charge is 0.316 e. The highest BCUT2D eigenvalue weighted by atomic mass is 28.4. The summed E-state index contributed by atoms with van der Waals surface area (Å²) in [6.45, 7) is 5.32. The van der Waals surface area contributed by atoms with E-state index in [9.17, 15) is 0 Å². The molecule has 0 aliphatic rings. The second kappa shape index (κ2) is 4.00. The Morgan fingerprint density at radius 2 is 1.67 bits per heavy atom. The minimum absolute atomic E-state index is 1.02. The maximum absolute atomic E-state index is 3.38. The van der Waals surface area contributed by atoms with Crippen molar-refractivity contribution in [2.75, 3.05) is 20.6 Å². The first-order valence-electron chi connectivity index (χ1n) is 3.31. The summed E-state index contributed by atoms with van der Waals surface area (Å²) in [5.74, 6) is 0. The summed E-state index contributed by atoms with van der Waals surface area (Å²) in [7, 11) is 2.51. The van der Waals surface area contributed by atoms with Crippen LogP contribution in [0.1, 0.15) is 6.92 Å². The van der Waals surface area contributed by atoms with Gasteiger partial charge in [0.2, 0.25) is 0 Å². The first kappa shape index (κ1) is 9.10. The van der Waals surface area contributed by atoms with Gasteiger partial charge in [-0.15, -0.1) is 0 Å². The Labute approximate surface area is 58.5 Å². The molecular weight excluding hydrogens is 130 g/mol. The van der Waals surface area contributed by atoms with Gasteiger partial charge in [-0.05, 0) is 27.2 Å². The van der Waals surface area contributed by atoms with Gasteiger partial charge in [-0.2, -0.15) is 0 Å². The Balaban J connectivity index is 3.62.